The normalized spacial score (nSPS) is 17.1. The molecule has 98 valence electrons. The van der Waals surface area contributed by atoms with Crippen molar-refractivity contribution in [2.45, 2.75) is 32.4 Å². The van der Waals surface area contributed by atoms with E-state index >= 15 is 0 Å². The predicted octanol–water partition coefficient (Wildman–Crippen LogP) is 4.18. The molecule has 0 bridgehead atoms. The fourth-order valence-corrected chi connectivity index (χ4v) is 2.55. The van der Waals surface area contributed by atoms with Crippen molar-refractivity contribution >= 4 is 5.69 Å². The van der Waals surface area contributed by atoms with Gasteiger partial charge in [-0.2, -0.15) is 0 Å². The maximum atomic E-state index is 5.67. The van der Waals surface area contributed by atoms with Crippen LogP contribution in [0.2, 0.25) is 0 Å². The third-order valence-corrected chi connectivity index (χ3v) is 3.43. The summed E-state index contributed by atoms with van der Waals surface area (Å²) in [6.45, 7) is 4.09. The number of anilines is 1. The van der Waals surface area contributed by atoms with Gasteiger partial charge in [-0.3, -0.25) is 0 Å². The quantitative estimate of drug-likeness (QED) is 0.885. The molecule has 1 N–H and O–H groups in total. The van der Waals surface area contributed by atoms with Crippen molar-refractivity contribution in [3.05, 3.63) is 59.7 Å². The van der Waals surface area contributed by atoms with Gasteiger partial charge in [-0.25, -0.2) is 0 Å². The third-order valence-electron chi connectivity index (χ3n) is 3.43. The van der Waals surface area contributed by atoms with E-state index in [0.717, 1.165) is 12.2 Å². The molecule has 2 aromatic carbocycles. The van der Waals surface area contributed by atoms with E-state index in [9.17, 15) is 0 Å². The Morgan fingerprint density at radius 3 is 2.47 bits per heavy atom. The summed E-state index contributed by atoms with van der Waals surface area (Å²) >= 11 is 0. The Morgan fingerprint density at radius 2 is 1.79 bits per heavy atom. The summed E-state index contributed by atoms with van der Waals surface area (Å²) in [4.78, 5) is 0. The maximum Gasteiger partial charge on any atom is 0.119 e. The van der Waals surface area contributed by atoms with E-state index in [2.05, 4.69) is 53.8 Å². The van der Waals surface area contributed by atoms with Gasteiger partial charge in [0.25, 0.3) is 0 Å². The minimum Gasteiger partial charge on any atom is -0.491 e. The molecule has 0 radical (unpaired) electrons. The topological polar surface area (TPSA) is 21.3 Å². The van der Waals surface area contributed by atoms with Gasteiger partial charge in [-0.05, 0) is 49.6 Å². The summed E-state index contributed by atoms with van der Waals surface area (Å²) in [6.07, 6.45) is 1.28. The lowest BCUT2D eigenvalue weighted by molar-refractivity contribution is 0.242. The standard InChI is InChI=1S/C17H19NO/c1-12(2)19-15-9-7-13(8-10-15)17-11-14-5-3-4-6-16(14)18-17/h3-10,12,17-18H,11H2,1-2H3. The van der Waals surface area contributed by atoms with Crippen LogP contribution in [0.3, 0.4) is 0 Å². The van der Waals surface area contributed by atoms with Crippen molar-refractivity contribution in [3.63, 3.8) is 0 Å². The van der Waals surface area contributed by atoms with Gasteiger partial charge in [0.15, 0.2) is 0 Å². The van der Waals surface area contributed by atoms with Crippen molar-refractivity contribution in [1.29, 1.82) is 0 Å². The highest BCUT2D eigenvalue weighted by atomic mass is 16.5. The number of fused-ring (bicyclic) bond motifs is 1. The number of nitrogens with one attached hydrogen (secondary N) is 1. The molecule has 1 unspecified atom stereocenters. The van der Waals surface area contributed by atoms with E-state index in [1.165, 1.54) is 16.8 Å². The molecule has 0 spiro atoms. The monoisotopic (exact) mass is 253 g/mol. The predicted molar refractivity (Wildman–Crippen MR) is 78.7 cm³/mol. The van der Waals surface area contributed by atoms with Crippen LogP contribution in [0.1, 0.15) is 31.0 Å². The summed E-state index contributed by atoms with van der Waals surface area (Å²) < 4.78 is 5.67. The van der Waals surface area contributed by atoms with Crippen molar-refractivity contribution in [3.8, 4) is 5.75 Å². The number of ether oxygens (including phenoxy) is 1. The summed E-state index contributed by atoms with van der Waals surface area (Å²) in [7, 11) is 0. The van der Waals surface area contributed by atoms with Gasteiger partial charge in [0.1, 0.15) is 5.75 Å². The second kappa shape index (κ2) is 4.96. The number of rotatable bonds is 3. The Bertz CT molecular complexity index is 535. The van der Waals surface area contributed by atoms with Crippen LogP contribution in [0.4, 0.5) is 5.69 Å². The average Bonchev–Trinajstić information content (AvgIpc) is 2.82. The Kier molecular flexibility index (Phi) is 3.16. The highest BCUT2D eigenvalue weighted by molar-refractivity contribution is 5.58. The van der Waals surface area contributed by atoms with Gasteiger partial charge in [0.05, 0.1) is 12.1 Å². The van der Waals surface area contributed by atoms with Crippen LogP contribution in [0, 0.1) is 0 Å². The highest BCUT2D eigenvalue weighted by Gasteiger charge is 2.21. The van der Waals surface area contributed by atoms with Crippen molar-refractivity contribution in [2.24, 2.45) is 0 Å². The molecule has 2 aromatic rings. The number of para-hydroxylation sites is 1. The molecular formula is C17H19NO. The fourth-order valence-electron chi connectivity index (χ4n) is 2.55. The third kappa shape index (κ3) is 2.58. The molecule has 1 aliphatic heterocycles. The van der Waals surface area contributed by atoms with Crippen molar-refractivity contribution in [1.82, 2.24) is 0 Å². The van der Waals surface area contributed by atoms with E-state index in [4.69, 9.17) is 4.74 Å². The first-order valence-corrected chi connectivity index (χ1v) is 6.83. The number of benzene rings is 2. The van der Waals surface area contributed by atoms with Gasteiger partial charge in [-0.1, -0.05) is 30.3 Å². The molecule has 0 aliphatic carbocycles. The summed E-state index contributed by atoms with van der Waals surface area (Å²) in [5.41, 5.74) is 3.97. The van der Waals surface area contributed by atoms with Crippen LogP contribution in [0.5, 0.6) is 5.75 Å². The lowest BCUT2D eigenvalue weighted by atomic mass is 10.0. The molecule has 2 nitrogen and oxygen atoms in total. The van der Waals surface area contributed by atoms with Crippen molar-refractivity contribution < 1.29 is 4.74 Å². The molecule has 19 heavy (non-hydrogen) atoms. The summed E-state index contributed by atoms with van der Waals surface area (Å²) in [6, 6.07) is 17.3. The van der Waals surface area contributed by atoms with Crippen LogP contribution < -0.4 is 10.1 Å². The number of hydrogen-bond donors (Lipinski definition) is 1. The van der Waals surface area contributed by atoms with Gasteiger partial charge >= 0.3 is 0 Å². The molecule has 1 aliphatic rings. The molecule has 2 heteroatoms. The van der Waals surface area contributed by atoms with Crippen LogP contribution in [0.15, 0.2) is 48.5 Å². The fraction of sp³-hybridized carbons (Fsp3) is 0.294. The lowest BCUT2D eigenvalue weighted by Crippen LogP contribution is -2.07. The molecule has 0 amide bonds. The SMILES string of the molecule is CC(C)Oc1ccc(C2Cc3ccccc3N2)cc1. The largest absolute Gasteiger partial charge is 0.491 e. The molecule has 0 saturated carbocycles. The Morgan fingerprint density at radius 1 is 1.05 bits per heavy atom. The summed E-state index contributed by atoms with van der Waals surface area (Å²) in [5.74, 6) is 0.939. The van der Waals surface area contributed by atoms with Crippen LogP contribution in [0.25, 0.3) is 0 Å². The molecule has 0 saturated heterocycles. The first kappa shape index (κ1) is 12.1. The van der Waals surface area contributed by atoms with E-state index in [-0.39, 0.29) is 6.10 Å². The highest BCUT2D eigenvalue weighted by Crippen LogP contribution is 2.34. The average molecular weight is 253 g/mol. The van der Waals surface area contributed by atoms with E-state index in [0.29, 0.717) is 6.04 Å². The zero-order chi connectivity index (χ0) is 13.2. The van der Waals surface area contributed by atoms with Gasteiger partial charge in [0, 0.05) is 5.69 Å². The first-order chi connectivity index (χ1) is 9.22. The first-order valence-electron chi connectivity index (χ1n) is 6.83. The van der Waals surface area contributed by atoms with Crippen LogP contribution >= 0.6 is 0 Å². The molecular weight excluding hydrogens is 234 g/mol. The minimum absolute atomic E-state index is 0.222. The zero-order valence-corrected chi connectivity index (χ0v) is 11.4. The smallest absolute Gasteiger partial charge is 0.119 e. The zero-order valence-electron chi connectivity index (χ0n) is 11.4. The number of hydrogen-bond acceptors (Lipinski definition) is 2. The lowest BCUT2D eigenvalue weighted by Gasteiger charge is -2.14. The van der Waals surface area contributed by atoms with E-state index in [1.807, 2.05) is 13.8 Å². The van der Waals surface area contributed by atoms with Gasteiger partial charge in [0.2, 0.25) is 0 Å². The summed E-state index contributed by atoms with van der Waals surface area (Å²) in [5, 5.41) is 3.57. The molecule has 0 aromatic heterocycles. The molecule has 0 fully saturated rings. The Hall–Kier alpha value is -1.96. The minimum atomic E-state index is 0.222. The van der Waals surface area contributed by atoms with Crippen LogP contribution in [-0.4, -0.2) is 6.10 Å². The van der Waals surface area contributed by atoms with E-state index in [1.54, 1.807) is 0 Å². The van der Waals surface area contributed by atoms with Gasteiger partial charge < -0.3 is 10.1 Å². The Balaban J connectivity index is 1.75. The Labute approximate surface area is 114 Å². The maximum absolute atomic E-state index is 5.67. The second-order valence-corrected chi connectivity index (χ2v) is 5.29. The molecule has 1 heterocycles. The molecule has 1 atom stereocenters. The van der Waals surface area contributed by atoms with Crippen molar-refractivity contribution in [2.75, 3.05) is 5.32 Å². The second-order valence-electron chi connectivity index (χ2n) is 5.29. The van der Waals surface area contributed by atoms with Crippen LogP contribution in [-0.2, 0) is 6.42 Å². The van der Waals surface area contributed by atoms with E-state index < -0.39 is 0 Å². The molecule has 3 rings (SSSR count). The van der Waals surface area contributed by atoms with Gasteiger partial charge in [-0.15, -0.1) is 0 Å².